The van der Waals surface area contributed by atoms with Crippen molar-refractivity contribution in [2.24, 2.45) is 0 Å². The van der Waals surface area contributed by atoms with Crippen LogP contribution in [-0.4, -0.2) is 53.3 Å². The van der Waals surface area contributed by atoms with Crippen LogP contribution in [0.3, 0.4) is 0 Å². The number of aliphatic hydroxyl groups is 1. The van der Waals surface area contributed by atoms with Gasteiger partial charge in [-0.1, -0.05) is 32.8 Å². The number of hydrogen-bond donors (Lipinski definition) is 2. The zero-order valence-electron chi connectivity index (χ0n) is 17.0. The summed E-state index contributed by atoms with van der Waals surface area (Å²) in [6.45, 7) is 8.94. The molecule has 0 aliphatic rings. The number of aliphatic hydroxyl groups excluding tert-OH is 1. The minimum atomic E-state index is -0.966. The van der Waals surface area contributed by atoms with Crippen LogP contribution in [0, 0.1) is 0 Å². The van der Waals surface area contributed by atoms with Crippen molar-refractivity contribution < 1.29 is 19.3 Å². The summed E-state index contributed by atoms with van der Waals surface area (Å²) >= 11 is 0. The summed E-state index contributed by atoms with van der Waals surface area (Å²) < 4.78 is 18.9. The predicted molar refractivity (Wildman–Crippen MR) is 108 cm³/mol. The quantitative estimate of drug-likeness (QED) is 0.326. The third-order valence-corrected chi connectivity index (χ3v) is 4.22. The zero-order chi connectivity index (χ0) is 20.8. The highest BCUT2D eigenvalue weighted by atomic mass is 16.6. The largest absolute Gasteiger partial charge is 0.392 e. The van der Waals surface area contributed by atoms with Crippen LogP contribution in [0.2, 0.25) is 0 Å². The molecule has 1 unspecified atom stereocenters. The molecule has 0 aliphatic carbocycles. The van der Waals surface area contributed by atoms with Crippen molar-refractivity contribution in [3.63, 3.8) is 0 Å². The molecule has 0 radical (unpaired) electrons. The van der Waals surface area contributed by atoms with Crippen LogP contribution in [0.4, 0.5) is 0 Å². The number of rotatable bonds is 16. The second-order valence-electron chi connectivity index (χ2n) is 6.54. The van der Waals surface area contributed by atoms with Gasteiger partial charge in [-0.05, 0) is 19.3 Å². The average molecular weight is 399 g/mol. The second kappa shape index (κ2) is 14.3. The molecule has 0 amide bonds. The van der Waals surface area contributed by atoms with E-state index < -0.39 is 30.2 Å². The van der Waals surface area contributed by atoms with Crippen molar-refractivity contribution >= 4 is 0 Å². The van der Waals surface area contributed by atoms with Crippen molar-refractivity contribution in [1.82, 2.24) is 9.55 Å². The topological polar surface area (TPSA) is 103 Å². The summed E-state index contributed by atoms with van der Waals surface area (Å²) in [6.07, 6.45) is 5.66. The fourth-order valence-electron chi connectivity index (χ4n) is 2.60. The molecule has 28 heavy (non-hydrogen) atoms. The number of aromatic nitrogens is 2. The molecule has 2 N–H and O–H groups in total. The zero-order valence-corrected chi connectivity index (χ0v) is 17.0. The van der Waals surface area contributed by atoms with Gasteiger partial charge in [0.15, 0.2) is 6.23 Å². The molecule has 0 fully saturated rings. The average Bonchev–Trinajstić information content (AvgIpc) is 2.68. The van der Waals surface area contributed by atoms with Gasteiger partial charge in [0.25, 0.3) is 5.56 Å². The highest BCUT2D eigenvalue weighted by Gasteiger charge is 2.27. The van der Waals surface area contributed by atoms with Gasteiger partial charge in [0.05, 0.1) is 19.3 Å². The van der Waals surface area contributed by atoms with E-state index in [1.165, 1.54) is 12.3 Å². The molecule has 1 heterocycles. The molecular weight excluding hydrogens is 364 g/mol. The molecule has 0 spiro atoms. The van der Waals surface area contributed by atoms with Crippen LogP contribution in [0.1, 0.15) is 52.2 Å². The lowest BCUT2D eigenvalue weighted by Gasteiger charge is -2.30. The molecule has 0 saturated carbocycles. The van der Waals surface area contributed by atoms with Gasteiger partial charge in [0.1, 0.15) is 6.10 Å². The Labute approximate surface area is 166 Å². The smallest absolute Gasteiger partial charge is 0.330 e. The van der Waals surface area contributed by atoms with E-state index in [-0.39, 0.29) is 12.7 Å². The predicted octanol–water partition coefficient (Wildman–Crippen LogP) is 1.99. The minimum absolute atomic E-state index is 0.263. The lowest BCUT2D eigenvalue weighted by Crippen LogP contribution is -2.41. The fraction of sp³-hybridized carbons (Fsp3) is 0.700. The Bertz CT molecular complexity index is 657. The lowest BCUT2D eigenvalue weighted by atomic mass is 10.1. The number of unbranched alkanes of at least 4 members (excludes halogenated alkanes) is 2. The van der Waals surface area contributed by atoms with E-state index in [0.29, 0.717) is 19.6 Å². The number of nitrogens with zero attached hydrogens (tertiary/aromatic N) is 1. The number of nitrogens with one attached hydrogen (secondary N) is 1. The van der Waals surface area contributed by atoms with Gasteiger partial charge in [-0.15, -0.1) is 6.58 Å². The molecule has 1 aromatic heterocycles. The van der Waals surface area contributed by atoms with Crippen LogP contribution in [0.5, 0.6) is 0 Å². The highest BCUT2D eigenvalue weighted by molar-refractivity contribution is 4.86. The Morgan fingerprint density at radius 3 is 2.54 bits per heavy atom. The summed E-state index contributed by atoms with van der Waals surface area (Å²) in [5.41, 5.74) is -1.16. The monoisotopic (exact) mass is 398 g/mol. The van der Waals surface area contributed by atoms with E-state index in [1.807, 2.05) is 0 Å². The van der Waals surface area contributed by atoms with Gasteiger partial charge in [0.2, 0.25) is 0 Å². The van der Waals surface area contributed by atoms with E-state index >= 15 is 0 Å². The van der Waals surface area contributed by atoms with Gasteiger partial charge in [-0.25, -0.2) is 4.79 Å². The first kappa shape index (κ1) is 24.3. The van der Waals surface area contributed by atoms with E-state index in [1.54, 1.807) is 6.08 Å². The van der Waals surface area contributed by atoms with Crippen molar-refractivity contribution in [2.75, 3.05) is 26.4 Å². The molecule has 160 valence electrons. The van der Waals surface area contributed by atoms with E-state index in [2.05, 4.69) is 25.4 Å². The molecule has 8 heteroatoms. The van der Waals surface area contributed by atoms with Gasteiger partial charge in [-0.2, -0.15) is 0 Å². The maximum absolute atomic E-state index is 12.1. The lowest BCUT2D eigenvalue weighted by molar-refractivity contribution is -0.159. The number of H-pyrrole nitrogens is 1. The van der Waals surface area contributed by atoms with Gasteiger partial charge >= 0.3 is 5.69 Å². The Kier molecular flexibility index (Phi) is 12.4. The van der Waals surface area contributed by atoms with Crippen LogP contribution < -0.4 is 11.2 Å². The van der Waals surface area contributed by atoms with Crippen molar-refractivity contribution in [3.05, 3.63) is 45.8 Å². The Hall–Kier alpha value is -1.74. The standard InChI is InChI=1S/C20H34N2O6/c1-4-7-12-26-15-17(16(9-6-3)27-13-8-5-2)28-19(14-23)22-11-10-18(24)21-20(22)25/h6,10-11,16-17,19,23H,3-5,7-9,12-15H2,1-2H3,(H,21,24,25)/t16?,17-,19-/m1/s1. The van der Waals surface area contributed by atoms with Crippen molar-refractivity contribution in [3.8, 4) is 0 Å². The molecule has 0 bridgehead atoms. The molecule has 0 aromatic carbocycles. The SMILES string of the molecule is C=CCC(OCCCC)[C@@H](COCCCC)O[C@H](CO)n1ccc(=O)[nH]c1=O. The molecule has 0 aliphatic heterocycles. The molecule has 0 saturated heterocycles. The van der Waals surface area contributed by atoms with Gasteiger partial charge in [0, 0.05) is 25.5 Å². The fourth-order valence-corrected chi connectivity index (χ4v) is 2.60. The second-order valence-corrected chi connectivity index (χ2v) is 6.54. The van der Waals surface area contributed by atoms with Crippen LogP contribution in [0.15, 0.2) is 34.5 Å². The van der Waals surface area contributed by atoms with E-state index in [4.69, 9.17) is 14.2 Å². The molecule has 1 aromatic rings. The van der Waals surface area contributed by atoms with Crippen molar-refractivity contribution in [1.29, 1.82) is 0 Å². The van der Waals surface area contributed by atoms with Crippen LogP contribution >= 0.6 is 0 Å². The summed E-state index contributed by atoms with van der Waals surface area (Å²) in [6, 6.07) is 1.21. The van der Waals surface area contributed by atoms with Crippen LogP contribution in [-0.2, 0) is 14.2 Å². The normalized spacial score (nSPS) is 14.5. The Balaban J connectivity index is 2.96. The maximum atomic E-state index is 12.1. The van der Waals surface area contributed by atoms with Crippen molar-refractivity contribution in [2.45, 2.75) is 64.4 Å². The molecule has 8 nitrogen and oxygen atoms in total. The summed E-state index contributed by atoms with van der Waals surface area (Å²) in [5, 5.41) is 9.78. The summed E-state index contributed by atoms with van der Waals surface area (Å²) in [5.74, 6) is 0. The molecular formula is C20H34N2O6. The Morgan fingerprint density at radius 2 is 1.93 bits per heavy atom. The van der Waals surface area contributed by atoms with E-state index in [9.17, 15) is 14.7 Å². The third kappa shape index (κ3) is 8.52. The minimum Gasteiger partial charge on any atom is -0.392 e. The first-order valence-corrected chi connectivity index (χ1v) is 9.95. The summed E-state index contributed by atoms with van der Waals surface area (Å²) in [4.78, 5) is 25.5. The highest BCUT2D eigenvalue weighted by Crippen LogP contribution is 2.17. The molecule has 1 rings (SSSR count). The molecule has 3 atom stereocenters. The van der Waals surface area contributed by atoms with Gasteiger partial charge in [-0.3, -0.25) is 14.3 Å². The number of ether oxygens (including phenoxy) is 3. The Morgan fingerprint density at radius 1 is 1.21 bits per heavy atom. The van der Waals surface area contributed by atoms with Crippen LogP contribution in [0.25, 0.3) is 0 Å². The summed E-state index contributed by atoms with van der Waals surface area (Å²) in [7, 11) is 0. The maximum Gasteiger partial charge on any atom is 0.330 e. The third-order valence-electron chi connectivity index (χ3n) is 4.22. The van der Waals surface area contributed by atoms with E-state index in [0.717, 1.165) is 30.3 Å². The number of aromatic amines is 1. The van der Waals surface area contributed by atoms with Gasteiger partial charge < -0.3 is 19.3 Å². The first-order valence-electron chi connectivity index (χ1n) is 9.95. The first-order chi connectivity index (χ1) is 13.6. The number of hydrogen-bond acceptors (Lipinski definition) is 6.